The topological polar surface area (TPSA) is 18.5 Å². The predicted molar refractivity (Wildman–Crippen MR) is 101 cm³/mol. The molecule has 0 aromatic heterocycles. The van der Waals surface area contributed by atoms with Crippen molar-refractivity contribution < 1.29 is 9.47 Å². The van der Waals surface area contributed by atoms with E-state index in [1.807, 2.05) is 6.07 Å². The Morgan fingerprint density at radius 3 is 2.36 bits per heavy atom. The van der Waals surface area contributed by atoms with Crippen molar-refractivity contribution in [3.8, 4) is 22.6 Å². The van der Waals surface area contributed by atoms with Crippen molar-refractivity contribution >= 4 is 11.6 Å². The van der Waals surface area contributed by atoms with Crippen LogP contribution in [0.3, 0.4) is 0 Å². The molecule has 122 valence electrons. The number of ether oxygens (including phenoxy) is 2. The second-order valence-electron chi connectivity index (χ2n) is 6.56. The fourth-order valence-electron chi connectivity index (χ4n) is 3.69. The molecule has 0 spiro atoms. The summed E-state index contributed by atoms with van der Waals surface area (Å²) in [6, 6.07) is 21.5. The normalized spacial score (nSPS) is 15.8. The van der Waals surface area contributed by atoms with Crippen LogP contribution < -0.4 is 9.47 Å². The molecule has 3 aromatic carbocycles. The summed E-state index contributed by atoms with van der Waals surface area (Å²) in [6.45, 7) is 3.37. The lowest BCUT2D eigenvalue weighted by Gasteiger charge is -2.18. The molecule has 0 bridgehead atoms. The molecule has 5 rings (SSSR count). The van der Waals surface area contributed by atoms with E-state index in [-0.39, 0.29) is 0 Å². The van der Waals surface area contributed by atoms with Crippen LogP contribution in [0.5, 0.6) is 11.5 Å². The van der Waals surface area contributed by atoms with Crippen LogP contribution in [0.4, 0.5) is 0 Å². The van der Waals surface area contributed by atoms with Crippen molar-refractivity contribution in [2.24, 2.45) is 0 Å². The van der Waals surface area contributed by atoms with Gasteiger partial charge in [-0.15, -0.1) is 0 Å². The largest absolute Gasteiger partial charge is 0.486 e. The highest BCUT2D eigenvalue weighted by atomic mass is 16.6. The Hall–Kier alpha value is -3.00. The van der Waals surface area contributed by atoms with E-state index in [1.54, 1.807) is 0 Å². The van der Waals surface area contributed by atoms with E-state index in [2.05, 4.69) is 67.6 Å². The summed E-state index contributed by atoms with van der Waals surface area (Å²) in [6.07, 6.45) is 2.25. The summed E-state index contributed by atoms with van der Waals surface area (Å²) in [5.41, 5.74) is 8.89. The van der Waals surface area contributed by atoms with Gasteiger partial charge in [0, 0.05) is 0 Å². The second-order valence-corrected chi connectivity index (χ2v) is 6.56. The van der Waals surface area contributed by atoms with E-state index < -0.39 is 0 Å². The summed E-state index contributed by atoms with van der Waals surface area (Å²) in [7, 11) is 0. The third-order valence-electron chi connectivity index (χ3n) is 4.85. The SMILES string of the molecule is Cc1ccc2c(c1)-c1ccccc1C2=Cc1ccc2c(c1)OCCO2. The highest BCUT2D eigenvalue weighted by Gasteiger charge is 2.23. The lowest BCUT2D eigenvalue weighted by molar-refractivity contribution is 0.171. The van der Waals surface area contributed by atoms with Gasteiger partial charge >= 0.3 is 0 Å². The Bertz CT molecular complexity index is 1010. The fraction of sp³-hybridized carbons (Fsp3) is 0.130. The maximum atomic E-state index is 5.73. The first-order chi connectivity index (χ1) is 12.3. The molecule has 1 aliphatic carbocycles. The van der Waals surface area contributed by atoms with Gasteiger partial charge in [-0.25, -0.2) is 0 Å². The summed E-state index contributed by atoms with van der Waals surface area (Å²) >= 11 is 0. The van der Waals surface area contributed by atoms with Crippen LogP contribution in [0.2, 0.25) is 0 Å². The molecule has 0 amide bonds. The predicted octanol–water partition coefficient (Wildman–Crippen LogP) is 5.34. The van der Waals surface area contributed by atoms with Gasteiger partial charge in [-0.2, -0.15) is 0 Å². The van der Waals surface area contributed by atoms with E-state index >= 15 is 0 Å². The molecule has 3 aromatic rings. The molecule has 0 fully saturated rings. The molecule has 1 heterocycles. The monoisotopic (exact) mass is 326 g/mol. The van der Waals surface area contributed by atoms with Crippen LogP contribution in [0, 0.1) is 6.92 Å². The van der Waals surface area contributed by atoms with Gasteiger partial charge in [0.15, 0.2) is 11.5 Å². The number of hydrogen-bond donors (Lipinski definition) is 0. The zero-order valence-electron chi connectivity index (χ0n) is 14.1. The Morgan fingerprint density at radius 2 is 1.48 bits per heavy atom. The van der Waals surface area contributed by atoms with E-state index in [9.17, 15) is 0 Å². The van der Waals surface area contributed by atoms with Gasteiger partial charge in [0.2, 0.25) is 0 Å². The molecule has 2 nitrogen and oxygen atoms in total. The Kier molecular flexibility index (Phi) is 3.17. The lowest BCUT2D eigenvalue weighted by atomic mass is 10.00. The minimum absolute atomic E-state index is 0.609. The number of rotatable bonds is 1. The molecular formula is C23H18O2. The van der Waals surface area contributed by atoms with Gasteiger partial charge in [-0.3, -0.25) is 0 Å². The Balaban J connectivity index is 1.68. The number of benzene rings is 3. The van der Waals surface area contributed by atoms with Gasteiger partial charge in [0.25, 0.3) is 0 Å². The molecule has 0 atom stereocenters. The average Bonchev–Trinajstić information content (AvgIpc) is 2.95. The molecule has 25 heavy (non-hydrogen) atoms. The Labute approximate surface area is 147 Å². The van der Waals surface area contributed by atoms with Crippen LogP contribution in [0.25, 0.3) is 22.8 Å². The highest BCUT2D eigenvalue weighted by Crippen LogP contribution is 2.45. The highest BCUT2D eigenvalue weighted by molar-refractivity contribution is 6.06. The summed E-state index contributed by atoms with van der Waals surface area (Å²) < 4.78 is 11.4. The van der Waals surface area contributed by atoms with E-state index in [4.69, 9.17) is 9.47 Å². The van der Waals surface area contributed by atoms with Crippen molar-refractivity contribution in [1.82, 2.24) is 0 Å². The second kappa shape index (κ2) is 5.52. The standard InChI is InChI=1S/C23H18O2/c1-15-6-8-19-20(12-15)17-4-2-3-5-18(17)21(19)13-16-7-9-22-23(14-16)25-11-10-24-22/h2-9,12-14H,10-11H2,1H3. The number of hydrogen-bond acceptors (Lipinski definition) is 2. The maximum absolute atomic E-state index is 5.73. The fourth-order valence-corrected chi connectivity index (χ4v) is 3.69. The van der Waals surface area contributed by atoms with Crippen LogP contribution >= 0.6 is 0 Å². The summed E-state index contributed by atoms with van der Waals surface area (Å²) in [5.74, 6) is 1.66. The van der Waals surface area contributed by atoms with Crippen molar-refractivity contribution in [2.45, 2.75) is 6.92 Å². The third kappa shape index (κ3) is 2.33. The zero-order valence-corrected chi connectivity index (χ0v) is 14.1. The Morgan fingerprint density at radius 1 is 0.720 bits per heavy atom. The molecule has 2 aliphatic rings. The van der Waals surface area contributed by atoms with E-state index in [0.29, 0.717) is 13.2 Å². The minimum atomic E-state index is 0.609. The average molecular weight is 326 g/mol. The molecule has 0 radical (unpaired) electrons. The van der Waals surface area contributed by atoms with E-state index in [1.165, 1.54) is 33.4 Å². The van der Waals surface area contributed by atoms with Crippen LogP contribution in [0.1, 0.15) is 22.3 Å². The zero-order chi connectivity index (χ0) is 16.8. The third-order valence-corrected chi connectivity index (χ3v) is 4.85. The van der Waals surface area contributed by atoms with Gasteiger partial charge < -0.3 is 9.47 Å². The van der Waals surface area contributed by atoms with E-state index in [0.717, 1.165) is 17.1 Å². The van der Waals surface area contributed by atoms with Gasteiger partial charge in [0.05, 0.1) is 0 Å². The first-order valence-electron chi connectivity index (χ1n) is 8.62. The van der Waals surface area contributed by atoms with Crippen LogP contribution in [-0.2, 0) is 0 Å². The van der Waals surface area contributed by atoms with Crippen molar-refractivity contribution in [3.63, 3.8) is 0 Å². The minimum Gasteiger partial charge on any atom is -0.486 e. The van der Waals surface area contributed by atoms with Crippen LogP contribution in [0.15, 0.2) is 60.7 Å². The molecule has 0 unspecified atom stereocenters. The smallest absolute Gasteiger partial charge is 0.161 e. The van der Waals surface area contributed by atoms with Gasteiger partial charge in [-0.05, 0) is 58.5 Å². The van der Waals surface area contributed by atoms with Gasteiger partial charge in [-0.1, -0.05) is 54.1 Å². The first-order valence-corrected chi connectivity index (χ1v) is 8.62. The maximum Gasteiger partial charge on any atom is 0.161 e. The molecule has 2 heteroatoms. The first kappa shape index (κ1) is 14.4. The molecule has 0 saturated heterocycles. The van der Waals surface area contributed by atoms with Crippen molar-refractivity contribution in [2.75, 3.05) is 13.2 Å². The van der Waals surface area contributed by atoms with Crippen molar-refractivity contribution in [1.29, 1.82) is 0 Å². The summed E-state index contributed by atoms with van der Waals surface area (Å²) in [4.78, 5) is 0. The number of fused-ring (bicyclic) bond motifs is 4. The number of aryl methyl sites for hydroxylation is 1. The summed E-state index contributed by atoms with van der Waals surface area (Å²) in [5, 5.41) is 0. The lowest BCUT2D eigenvalue weighted by Crippen LogP contribution is -2.15. The quantitative estimate of drug-likeness (QED) is 0.470. The molecule has 1 aliphatic heterocycles. The van der Waals surface area contributed by atoms with Crippen LogP contribution in [-0.4, -0.2) is 13.2 Å². The molecular weight excluding hydrogens is 308 g/mol. The van der Waals surface area contributed by atoms with Gasteiger partial charge in [0.1, 0.15) is 13.2 Å². The molecule has 0 N–H and O–H groups in total. The molecule has 0 saturated carbocycles. The van der Waals surface area contributed by atoms with Crippen molar-refractivity contribution in [3.05, 3.63) is 82.9 Å².